The van der Waals surface area contributed by atoms with Crippen molar-refractivity contribution in [1.29, 1.82) is 0 Å². The average Bonchev–Trinajstić information content (AvgIpc) is 2.40. The maximum Gasteiger partial charge on any atom is 0.147 e. The summed E-state index contributed by atoms with van der Waals surface area (Å²) >= 11 is 6.89. The van der Waals surface area contributed by atoms with E-state index in [1.165, 1.54) is 0 Å². The van der Waals surface area contributed by atoms with Gasteiger partial charge in [0.2, 0.25) is 0 Å². The van der Waals surface area contributed by atoms with Crippen LogP contribution in [0, 0.1) is 0 Å². The minimum Gasteiger partial charge on any atom is -0.494 e. The summed E-state index contributed by atoms with van der Waals surface area (Å²) in [6.07, 6.45) is 3.42. The summed E-state index contributed by atoms with van der Waals surface area (Å²) in [6, 6.07) is 9.44. The van der Waals surface area contributed by atoms with E-state index in [-0.39, 0.29) is 0 Å². The summed E-state index contributed by atoms with van der Waals surface area (Å²) in [7, 11) is 1.63. The summed E-state index contributed by atoms with van der Waals surface area (Å²) in [5.41, 5.74) is 3.79. The number of methoxy groups -OCH3 is 1. The molecule has 6 heteroatoms. The Morgan fingerprint density at radius 3 is 2.58 bits per heavy atom. The lowest BCUT2D eigenvalue weighted by atomic mass is 10.2. The van der Waals surface area contributed by atoms with Crippen LogP contribution in [0.5, 0.6) is 5.75 Å². The maximum absolute atomic E-state index is 5.24. The summed E-state index contributed by atoms with van der Waals surface area (Å²) in [5, 5.41) is 4.13. The number of halogens is 2. The molecule has 0 aliphatic carbocycles. The van der Waals surface area contributed by atoms with Crippen molar-refractivity contribution >= 4 is 43.9 Å². The number of hydrazone groups is 1. The number of pyridine rings is 1. The summed E-state index contributed by atoms with van der Waals surface area (Å²) in [4.78, 5) is 4.11. The van der Waals surface area contributed by atoms with Gasteiger partial charge in [0.25, 0.3) is 0 Å². The summed E-state index contributed by atoms with van der Waals surface area (Å²) in [6.45, 7) is 0. The first-order valence-electron chi connectivity index (χ1n) is 5.44. The Morgan fingerprint density at radius 2 is 2.00 bits per heavy atom. The van der Waals surface area contributed by atoms with E-state index in [9.17, 15) is 0 Å². The second-order valence-electron chi connectivity index (χ2n) is 3.60. The standard InChI is InChI=1S/C13H11Br2N3O/c1-19-13-10(14)6-9(7-11(13)15)8-17-18-12-4-2-3-5-16-12/h2-8H,1H3,(H,16,18)/b17-8+. The van der Waals surface area contributed by atoms with Crippen molar-refractivity contribution in [3.8, 4) is 5.75 Å². The summed E-state index contributed by atoms with van der Waals surface area (Å²) < 4.78 is 6.97. The van der Waals surface area contributed by atoms with E-state index in [4.69, 9.17) is 4.74 Å². The van der Waals surface area contributed by atoms with Crippen LogP contribution in [0.3, 0.4) is 0 Å². The molecule has 98 valence electrons. The number of benzene rings is 1. The van der Waals surface area contributed by atoms with Gasteiger partial charge in [0.15, 0.2) is 0 Å². The van der Waals surface area contributed by atoms with Crippen molar-refractivity contribution in [1.82, 2.24) is 4.98 Å². The molecule has 1 heterocycles. The Morgan fingerprint density at radius 1 is 1.26 bits per heavy atom. The average molecular weight is 385 g/mol. The first-order valence-corrected chi connectivity index (χ1v) is 7.02. The molecule has 0 fully saturated rings. The van der Waals surface area contributed by atoms with E-state index in [1.54, 1.807) is 19.5 Å². The molecular weight excluding hydrogens is 374 g/mol. The van der Waals surface area contributed by atoms with Crippen molar-refractivity contribution in [3.05, 3.63) is 51.0 Å². The molecule has 2 aromatic rings. The molecule has 0 atom stereocenters. The van der Waals surface area contributed by atoms with E-state index in [1.807, 2.05) is 30.3 Å². The minimum atomic E-state index is 0.699. The quantitative estimate of drug-likeness (QED) is 0.638. The van der Waals surface area contributed by atoms with Crippen molar-refractivity contribution in [2.45, 2.75) is 0 Å². The van der Waals surface area contributed by atoms with Gasteiger partial charge in [-0.3, -0.25) is 5.43 Å². The second-order valence-corrected chi connectivity index (χ2v) is 5.31. The van der Waals surface area contributed by atoms with Crippen molar-refractivity contribution in [2.75, 3.05) is 12.5 Å². The van der Waals surface area contributed by atoms with Gasteiger partial charge in [-0.1, -0.05) is 6.07 Å². The minimum absolute atomic E-state index is 0.699. The fraction of sp³-hybridized carbons (Fsp3) is 0.0769. The molecule has 4 nitrogen and oxygen atoms in total. The third kappa shape index (κ3) is 3.78. The molecule has 0 aliphatic rings. The monoisotopic (exact) mass is 383 g/mol. The van der Waals surface area contributed by atoms with Gasteiger partial charge in [0.05, 0.1) is 22.3 Å². The van der Waals surface area contributed by atoms with Crippen LogP contribution in [-0.4, -0.2) is 18.3 Å². The van der Waals surface area contributed by atoms with Gasteiger partial charge in [-0.15, -0.1) is 0 Å². The van der Waals surface area contributed by atoms with Gasteiger partial charge in [-0.05, 0) is 61.7 Å². The van der Waals surface area contributed by atoms with Gasteiger partial charge in [-0.2, -0.15) is 5.10 Å². The molecular formula is C13H11Br2N3O. The van der Waals surface area contributed by atoms with E-state index >= 15 is 0 Å². The topological polar surface area (TPSA) is 46.5 Å². The highest BCUT2D eigenvalue weighted by molar-refractivity contribution is 9.11. The van der Waals surface area contributed by atoms with Crippen LogP contribution >= 0.6 is 31.9 Å². The molecule has 1 aromatic carbocycles. The molecule has 0 amide bonds. The number of aromatic nitrogens is 1. The van der Waals surface area contributed by atoms with Crippen molar-refractivity contribution < 1.29 is 4.74 Å². The lowest BCUT2D eigenvalue weighted by molar-refractivity contribution is 0.409. The Bertz CT molecular complexity index is 565. The normalized spacial score (nSPS) is 10.7. The molecule has 0 aliphatic heterocycles. The third-order valence-corrected chi connectivity index (χ3v) is 3.46. The van der Waals surface area contributed by atoms with Crippen LogP contribution < -0.4 is 10.2 Å². The maximum atomic E-state index is 5.24. The zero-order chi connectivity index (χ0) is 13.7. The third-order valence-electron chi connectivity index (χ3n) is 2.28. The van der Waals surface area contributed by atoms with Crippen LogP contribution in [0.1, 0.15) is 5.56 Å². The van der Waals surface area contributed by atoms with E-state index in [0.717, 1.165) is 20.3 Å². The van der Waals surface area contributed by atoms with Crippen LogP contribution in [-0.2, 0) is 0 Å². The molecule has 1 N–H and O–H groups in total. The zero-order valence-corrected chi connectivity index (χ0v) is 13.3. The molecule has 0 saturated heterocycles. The first-order chi connectivity index (χ1) is 9.20. The van der Waals surface area contributed by atoms with Crippen LogP contribution in [0.2, 0.25) is 0 Å². The predicted molar refractivity (Wildman–Crippen MR) is 83.8 cm³/mol. The Balaban J connectivity index is 2.11. The number of rotatable bonds is 4. The fourth-order valence-corrected chi connectivity index (χ4v) is 3.00. The van der Waals surface area contributed by atoms with Gasteiger partial charge >= 0.3 is 0 Å². The number of nitrogens with one attached hydrogen (secondary N) is 1. The first kappa shape index (κ1) is 14.0. The van der Waals surface area contributed by atoms with E-state index < -0.39 is 0 Å². The molecule has 0 saturated carbocycles. The molecule has 1 aromatic heterocycles. The van der Waals surface area contributed by atoms with Gasteiger partial charge in [-0.25, -0.2) is 4.98 Å². The lowest BCUT2D eigenvalue weighted by Gasteiger charge is -2.06. The van der Waals surface area contributed by atoms with E-state index in [0.29, 0.717) is 5.82 Å². The number of anilines is 1. The zero-order valence-electron chi connectivity index (χ0n) is 10.1. The van der Waals surface area contributed by atoms with Crippen molar-refractivity contribution in [3.63, 3.8) is 0 Å². The molecule has 19 heavy (non-hydrogen) atoms. The molecule has 0 unspecified atom stereocenters. The predicted octanol–water partition coefficient (Wildman–Crippen LogP) is 4.06. The van der Waals surface area contributed by atoms with Crippen LogP contribution in [0.15, 0.2) is 50.6 Å². The lowest BCUT2D eigenvalue weighted by Crippen LogP contribution is -1.94. The summed E-state index contributed by atoms with van der Waals surface area (Å²) in [5.74, 6) is 1.46. The second kappa shape index (κ2) is 6.68. The van der Waals surface area contributed by atoms with E-state index in [2.05, 4.69) is 47.4 Å². The number of nitrogens with zero attached hydrogens (tertiary/aromatic N) is 2. The molecule has 0 radical (unpaired) electrons. The highest BCUT2D eigenvalue weighted by Crippen LogP contribution is 2.33. The Kier molecular flexibility index (Phi) is 4.93. The largest absolute Gasteiger partial charge is 0.494 e. The van der Waals surface area contributed by atoms with Gasteiger partial charge in [0, 0.05) is 6.20 Å². The van der Waals surface area contributed by atoms with Crippen LogP contribution in [0.4, 0.5) is 5.82 Å². The SMILES string of the molecule is COc1c(Br)cc(/C=N/Nc2ccccn2)cc1Br. The number of ether oxygens (including phenoxy) is 1. The van der Waals surface area contributed by atoms with Crippen LogP contribution in [0.25, 0.3) is 0 Å². The fourth-order valence-electron chi connectivity index (χ4n) is 1.45. The highest BCUT2D eigenvalue weighted by Gasteiger charge is 2.06. The number of hydrogen-bond acceptors (Lipinski definition) is 4. The Labute approximate surface area is 128 Å². The Hall–Kier alpha value is -1.40. The molecule has 0 bridgehead atoms. The highest BCUT2D eigenvalue weighted by atomic mass is 79.9. The molecule has 2 rings (SSSR count). The molecule has 0 spiro atoms. The smallest absolute Gasteiger partial charge is 0.147 e. The van der Waals surface area contributed by atoms with Gasteiger partial charge in [0.1, 0.15) is 11.6 Å². The number of hydrogen-bond donors (Lipinski definition) is 1. The van der Waals surface area contributed by atoms with Crippen molar-refractivity contribution in [2.24, 2.45) is 5.10 Å². The van der Waals surface area contributed by atoms with Gasteiger partial charge < -0.3 is 4.74 Å².